The van der Waals surface area contributed by atoms with Gasteiger partial charge in [0.2, 0.25) is 0 Å². The zero-order valence-corrected chi connectivity index (χ0v) is 15.0. The average Bonchev–Trinajstić information content (AvgIpc) is 2.98. The maximum absolute atomic E-state index is 12.7. The Morgan fingerprint density at radius 3 is 2.38 bits per heavy atom. The Labute approximate surface area is 154 Å². The Balaban J connectivity index is 1.59. The van der Waals surface area contributed by atoms with E-state index in [9.17, 15) is 9.59 Å². The van der Waals surface area contributed by atoms with Crippen LogP contribution >= 0.6 is 0 Å². The number of carbonyl (C=O) groups excluding carboxylic acids is 2. The van der Waals surface area contributed by atoms with Crippen LogP contribution in [0, 0.1) is 0 Å². The molecular formula is C21H25N3O2. The summed E-state index contributed by atoms with van der Waals surface area (Å²) in [5.74, 6) is -0.225. The third kappa shape index (κ3) is 4.91. The molecule has 1 N–H and O–H groups in total. The van der Waals surface area contributed by atoms with Crippen LogP contribution in [0.3, 0.4) is 0 Å². The van der Waals surface area contributed by atoms with E-state index in [1.807, 2.05) is 35.2 Å². The van der Waals surface area contributed by atoms with E-state index >= 15 is 0 Å². The molecule has 0 unspecified atom stereocenters. The standard InChI is InChI=1S/C21H25N3O2/c25-20(23-11-10-17-8-4-3-5-9-17)18-14-19(16-22-15-18)21(26)24-12-6-1-2-7-13-24/h3-5,8-9,14-16H,1-2,6-7,10-13H2,(H,23,25). The summed E-state index contributed by atoms with van der Waals surface area (Å²) in [6, 6.07) is 11.7. The lowest BCUT2D eigenvalue weighted by atomic mass is 10.1. The molecule has 1 aromatic carbocycles. The molecule has 2 heterocycles. The second kappa shape index (κ2) is 9.13. The highest BCUT2D eigenvalue weighted by Gasteiger charge is 2.18. The quantitative estimate of drug-likeness (QED) is 0.900. The van der Waals surface area contributed by atoms with Crippen LogP contribution in [0.4, 0.5) is 0 Å². The van der Waals surface area contributed by atoms with E-state index in [-0.39, 0.29) is 11.8 Å². The molecule has 0 spiro atoms. The number of aromatic nitrogens is 1. The fourth-order valence-electron chi connectivity index (χ4n) is 3.20. The summed E-state index contributed by atoms with van der Waals surface area (Å²) >= 11 is 0. The fraction of sp³-hybridized carbons (Fsp3) is 0.381. The Morgan fingerprint density at radius 1 is 0.962 bits per heavy atom. The monoisotopic (exact) mass is 351 g/mol. The third-order valence-electron chi connectivity index (χ3n) is 4.68. The predicted molar refractivity (Wildman–Crippen MR) is 101 cm³/mol. The first kappa shape index (κ1) is 18.1. The van der Waals surface area contributed by atoms with Gasteiger partial charge < -0.3 is 10.2 Å². The number of rotatable bonds is 5. The molecule has 136 valence electrons. The number of pyridine rings is 1. The van der Waals surface area contributed by atoms with Gasteiger partial charge in [-0.25, -0.2) is 0 Å². The number of nitrogens with one attached hydrogen (secondary N) is 1. The summed E-state index contributed by atoms with van der Waals surface area (Å²) in [6.45, 7) is 2.12. The molecule has 5 heteroatoms. The van der Waals surface area contributed by atoms with Crippen molar-refractivity contribution in [3.8, 4) is 0 Å². The number of nitrogens with zero attached hydrogens (tertiary/aromatic N) is 2. The lowest BCUT2D eigenvalue weighted by molar-refractivity contribution is 0.0761. The maximum atomic E-state index is 12.7. The van der Waals surface area contributed by atoms with Crippen molar-refractivity contribution >= 4 is 11.8 Å². The van der Waals surface area contributed by atoms with Crippen molar-refractivity contribution in [3.63, 3.8) is 0 Å². The third-order valence-corrected chi connectivity index (χ3v) is 4.68. The van der Waals surface area contributed by atoms with Gasteiger partial charge in [0.25, 0.3) is 11.8 Å². The predicted octanol–water partition coefficient (Wildman–Crippen LogP) is 3.07. The van der Waals surface area contributed by atoms with Gasteiger partial charge >= 0.3 is 0 Å². The summed E-state index contributed by atoms with van der Waals surface area (Å²) in [6.07, 6.45) is 8.26. The van der Waals surface area contributed by atoms with Crippen LogP contribution in [0.2, 0.25) is 0 Å². The molecule has 0 atom stereocenters. The molecule has 1 fully saturated rings. The SMILES string of the molecule is O=C(NCCc1ccccc1)c1cncc(C(=O)N2CCCCCC2)c1. The Kier molecular flexibility index (Phi) is 6.36. The molecule has 1 aliphatic heterocycles. The van der Waals surface area contributed by atoms with E-state index < -0.39 is 0 Å². The van der Waals surface area contributed by atoms with E-state index in [2.05, 4.69) is 10.3 Å². The molecule has 1 saturated heterocycles. The van der Waals surface area contributed by atoms with Crippen LogP contribution in [-0.2, 0) is 6.42 Å². The highest BCUT2D eigenvalue weighted by molar-refractivity contribution is 5.99. The van der Waals surface area contributed by atoms with Crippen molar-refractivity contribution in [2.75, 3.05) is 19.6 Å². The molecule has 3 rings (SSSR count). The van der Waals surface area contributed by atoms with Gasteiger partial charge in [0.05, 0.1) is 11.1 Å². The van der Waals surface area contributed by atoms with Crippen molar-refractivity contribution in [2.24, 2.45) is 0 Å². The van der Waals surface area contributed by atoms with E-state index in [1.165, 1.54) is 24.6 Å². The molecule has 0 saturated carbocycles. The molecule has 0 bridgehead atoms. The van der Waals surface area contributed by atoms with Crippen molar-refractivity contribution in [1.82, 2.24) is 15.2 Å². The Morgan fingerprint density at radius 2 is 1.65 bits per heavy atom. The van der Waals surface area contributed by atoms with Crippen molar-refractivity contribution in [2.45, 2.75) is 32.1 Å². The molecular weight excluding hydrogens is 326 g/mol. The van der Waals surface area contributed by atoms with Gasteiger partial charge in [-0.3, -0.25) is 14.6 Å². The number of hydrogen-bond acceptors (Lipinski definition) is 3. The zero-order valence-electron chi connectivity index (χ0n) is 15.0. The van der Waals surface area contributed by atoms with Crippen LogP contribution in [0.1, 0.15) is 52.0 Å². The molecule has 1 aliphatic rings. The number of benzene rings is 1. The normalized spacial score (nSPS) is 14.5. The minimum absolute atomic E-state index is 0.0293. The molecule has 0 aliphatic carbocycles. The van der Waals surface area contributed by atoms with E-state index in [4.69, 9.17) is 0 Å². The molecule has 26 heavy (non-hydrogen) atoms. The lowest BCUT2D eigenvalue weighted by Gasteiger charge is -2.20. The topological polar surface area (TPSA) is 62.3 Å². The van der Waals surface area contributed by atoms with Gasteiger partial charge in [-0.15, -0.1) is 0 Å². The number of carbonyl (C=O) groups is 2. The molecule has 2 amide bonds. The number of likely N-dealkylation sites (tertiary alicyclic amines) is 1. The number of amides is 2. The van der Waals surface area contributed by atoms with E-state index in [0.717, 1.165) is 32.4 Å². The van der Waals surface area contributed by atoms with Gasteiger partial charge in [-0.2, -0.15) is 0 Å². The second-order valence-electron chi connectivity index (χ2n) is 6.66. The second-order valence-corrected chi connectivity index (χ2v) is 6.66. The smallest absolute Gasteiger partial charge is 0.255 e. The van der Waals surface area contributed by atoms with Crippen molar-refractivity contribution in [1.29, 1.82) is 0 Å². The summed E-state index contributed by atoms with van der Waals surface area (Å²) in [5, 5.41) is 2.90. The van der Waals surface area contributed by atoms with Gasteiger partial charge in [0, 0.05) is 32.0 Å². The highest BCUT2D eigenvalue weighted by atomic mass is 16.2. The Bertz CT molecular complexity index is 738. The summed E-state index contributed by atoms with van der Waals surface area (Å²) in [7, 11) is 0. The summed E-state index contributed by atoms with van der Waals surface area (Å²) < 4.78 is 0. The molecule has 5 nitrogen and oxygen atoms in total. The molecule has 0 radical (unpaired) electrons. The van der Waals surface area contributed by atoms with Gasteiger partial charge in [-0.05, 0) is 30.9 Å². The summed E-state index contributed by atoms with van der Waals surface area (Å²) in [4.78, 5) is 31.0. The summed E-state index contributed by atoms with van der Waals surface area (Å²) in [5.41, 5.74) is 2.09. The first-order chi connectivity index (χ1) is 12.7. The maximum Gasteiger partial charge on any atom is 0.255 e. The van der Waals surface area contributed by atoms with E-state index in [0.29, 0.717) is 17.7 Å². The van der Waals surface area contributed by atoms with Crippen molar-refractivity contribution in [3.05, 3.63) is 65.5 Å². The molecule has 1 aromatic heterocycles. The van der Waals surface area contributed by atoms with Crippen molar-refractivity contribution < 1.29 is 9.59 Å². The van der Waals surface area contributed by atoms with Gasteiger partial charge in [0.1, 0.15) is 0 Å². The molecule has 2 aromatic rings. The van der Waals surface area contributed by atoms with Gasteiger partial charge in [0.15, 0.2) is 0 Å². The Hall–Kier alpha value is -2.69. The highest BCUT2D eigenvalue weighted by Crippen LogP contribution is 2.14. The van der Waals surface area contributed by atoms with Crippen LogP contribution < -0.4 is 5.32 Å². The van der Waals surface area contributed by atoms with Crippen LogP contribution in [0.5, 0.6) is 0 Å². The van der Waals surface area contributed by atoms with Crippen LogP contribution in [0.25, 0.3) is 0 Å². The first-order valence-corrected chi connectivity index (χ1v) is 9.30. The fourth-order valence-corrected chi connectivity index (χ4v) is 3.20. The minimum atomic E-state index is -0.195. The minimum Gasteiger partial charge on any atom is -0.352 e. The average molecular weight is 351 g/mol. The van der Waals surface area contributed by atoms with Gasteiger partial charge in [-0.1, -0.05) is 43.2 Å². The van der Waals surface area contributed by atoms with Crippen LogP contribution in [0.15, 0.2) is 48.8 Å². The van der Waals surface area contributed by atoms with E-state index in [1.54, 1.807) is 12.3 Å². The number of hydrogen-bond donors (Lipinski definition) is 1. The van der Waals surface area contributed by atoms with Crippen LogP contribution in [-0.4, -0.2) is 41.3 Å². The largest absolute Gasteiger partial charge is 0.352 e. The first-order valence-electron chi connectivity index (χ1n) is 9.30. The zero-order chi connectivity index (χ0) is 18.2. The lowest BCUT2D eigenvalue weighted by Crippen LogP contribution is -2.32.